The SMILES string of the molecule is CCCc1c(Cl)c(N)c(F)c(F)c1C(F)(F)F. The molecule has 2 N–H and O–H groups in total. The fourth-order valence-electron chi connectivity index (χ4n) is 1.51. The van der Waals surface area contributed by atoms with Crippen molar-refractivity contribution in [3.63, 3.8) is 0 Å². The van der Waals surface area contributed by atoms with Gasteiger partial charge >= 0.3 is 6.18 Å². The number of nitrogen functional groups attached to an aromatic ring is 1. The molecular weight excluding hydrogens is 265 g/mol. The molecule has 0 heterocycles. The molecule has 1 nitrogen and oxygen atoms in total. The predicted molar refractivity (Wildman–Crippen MR) is 54.8 cm³/mol. The molecule has 0 aliphatic heterocycles. The van der Waals surface area contributed by atoms with E-state index in [0.29, 0.717) is 6.42 Å². The monoisotopic (exact) mass is 273 g/mol. The predicted octanol–water partition coefficient (Wildman–Crippen LogP) is 4.17. The first-order valence-electron chi connectivity index (χ1n) is 4.73. The highest BCUT2D eigenvalue weighted by Gasteiger charge is 2.40. The van der Waals surface area contributed by atoms with Gasteiger partial charge in [-0.3, -0.25) is 0 Å². The van der Waals surface area contributed by atoms with Crippen LogP contribution in [-0.4, -0.2) is 0 Å². The molecule has 17 heavy (non-hydrogen) atoms. The van der Waals surface area contributed by atoms with Crippen molar-refractivity contribution in [1.82, 2.24) is 0 Å². The van der Waals surface area contributed by atoms with E-state index in [1.54, 1.807) is 6.92 Å². The first-order chi connectivity index (χ1) is 7.71. The van der Waals surface area contributed by atoms with Crippen molar-refractivity contribution in [1.29, 1.82) is 0 Å². The smallest absolute Gasteiger partial charge is 0.395 e. The molecule has 0 bridgehead atoms. The third kappa shape index (κ3) is 2.46. The molecule has 0 aliphatic rings. The van der Waals surface area contributed by atoms with E-state index in [2.05, 4.69) is 0 Å². The minimum atomic E-state index is -5.01. The molecule has 0 radical (unpaired) electrons. The van der Waals surface area contributed by atoms with Crippen LogP contribution < -0.4 is 5.73 Å². The van der Waals surface area contributed by atoms with E-state index in [1.807, 2.05) is 0 Å². The molecule has 1 aromatic carbocycles. The zero-order valence-electron chi connectivity index (χ0n) is 8.76. The van der Waals surface area contributed by atoms with Crippen LogP contribution in [0.5, 0.6) is 0 Å². The van der Waals surface area contributed by atoms with Crippen LogP contribution in [0.4, 0.5) is 27.6 Å². The Hall–Kier alpha value is -1.04. The van der Waals surface area contributed by atoms with Crippen molar-refractivity contribution in [3.8, 4) is 0 Å². The summed E-state index contributed by atoms with van der Waals surface area (Å²) < 4.78 is 64.3. The van der Waals surface area contributed by atoms with Gasteiger partial charge in [0.15, 0.2) is 11.6 Å². The second-order valence-corrected chi connectivity index (χ2v) is 3.83. The largest absolute Gasteiger partial charge is 0.419 e. The summed E-state index contributed by atoms with van der Waals surface area (Å²) in [5, 5.41) is -0.571. The third-order valence-corrected chi connectivity index (χ3v) is 2.67. The first-order valence-corrected chi connectivity index (χ1v) is 5.11. The Kier molecular flexibility index (Phi) is 3.86. The molecule has 0 aromatic heterocycles. The lowest BCUT2D eigenvalue weighted by Gasteiger charge is -2.17. The zero-order chi connectivity index (χ0) is 13.4. The van der Waals surface area contributed by atoms with E-state index in [1.165, 1.54) is 0 Å². The van der Waals surface area contributed by atoms with Gasteiger partial charge in [-0.1, -0.05) is 24.9 Å². The maximum Gasteiger partial charge on any atom is 0.419 e. The molecule has 0 fully saturated rings. The zero-order valence-corrected chi connectivity index (χ0v) is 9.52. The van der Waals surface area contributed by atoms with E-state index in [-0.39, 0.29) is 6.42 Å². The summed E-state index contributed by atoms with van der Waals surface area (Å²) in [6.45, 7) is 1.59. The average molecular weight is 274 g/mol. The first kappa shape index (κ1) is 14.0. The van der Waals surface area contributed by atoms with Crippen LogP contribution in [-0.2, 0) is 12.6 Å². The van der Waals surface area contributed by atoms with Gasteiger partial charge < -0.3 is 5.73 Å². The van der Waals surface area contributed by atoms with Crippen LogP contribution in [0.1, 0.15) is 24.5 Å². The third-order valence-electron chi connectivity index (χ3n) is 2.24. The van der Waals surface area contributed by atoms with Crippen LogP contribution in [0.2, 0.25) is 5.02 Å². The molecule has 1 aromatic rings. The minimum absolute atomic E-state index is 0.130. The number of hydrogen-bond acceptors (Lipinski definition) is 1. The molecule has 0 saturated heterocycles. The van der Waals surface area contributed by atoms with Gasteiger partial charge in [-0.05, 0) is 12.0 Å². The van der Waals surface area contributed by atoms with E-state index < -0.39 is 39.6 Å². The number of hydrogen-bond donors (Lipinski definition) is 1. The summed E-state index contributed by atoms with van der Waals surface area (Å²) in [7, 11) is 0. The molecular formula is C10H9ClF5N. The van der Waals surface area contributed by atoms with Crippen molar-refractivity contribution < 1.29 is 22.0 Å². The van der Waals surface area contributed by atoms with Gasteiger partial charge in [0.25, 0.3) is 0 Å². The standard InChI is InChI=1S/C10H9ClF5N/c1-2-3-4-5(10(14,15)16)7(12)8(13)9(17)6(4)11/h2-3,17H2,1H3. The van der Waals surface area contributed by atoms with Gasteiger partial charge in [-0.25, -0.2) is 8.78 Å². The van der Waals surface area contributed by atoms with E-state index in [9.17, 15) is 22.0 Å². The number of anilines is 1. The Morgan fingerprint density at radius 2 is 1.71 bits per heavy atom. The number of halogens is 6. The number of nitrogens with two attached hydrogens (primary N) is 1. The lowest BCUT2D eigenvalue weighted by molar-refractivity contribution is -0.140. The van der Waals surface area contributed by atoms with Gasteiger partial charge in [0.1, 0.15) is 0 Å². The minimum Gasteiger partial charge on any atom is -0.395 e. The lowest BCUT2D eigenvalue weighted by atomic mass is 10.0. The average Bonchev–Trinajstić information content (AvgIpc) is 2.21. The highest BCUT2D eigenvalue weighted by Crippen LogP contribution is 2.41. The Morgan fingerprint density at radius 1 is 1.18 bits per heavy atom. The number of alkyl halides is 3. The summed E-state index contributed by atoms with van der Waals surface area (Å²) in [4.78, 5) is 0. The second-order valence-electron chi connectivity index (χ2n) is 3.46. The summed E-state index contributed by atoms with van der Waals surface area (Å²) in [5.41, 5.74) is 2.15. The summed E-state index contributed by atoms with van der Waals surface area (Å²) in [5.74, 6) is -3.76. The van der Waals surface area contributed by atoms with Crippen molar-refractivity contribution in [3.05, 3.63) is 27.8 Å². The van der Waals surface area contributed by atoms with Gasteiger partial charge in [0.05, 0.1) is 16.3 Å². The van der Waals surface area contributed by atoms with Crippen LogP contribution in [0.15, 0.2) is 0 Å². The second kappa shape index (κ2) is 4.68. The molecule has 1 rings (SSSR count). The van der Waals surface area contributed by atoms with Gasteiger partial charge in [0, 0.05) is 0 Å². The van der Waals surface area contributed by atoms with Crippen molar-refractivity contribution >= 4 is 17.3 Å². The summed E-state index contributed by atoms with van der Waals surface area (Å²) >= 11 is 5.53. The molecule has 7 heteroatoms. The normalized spacial score (nSPS) is 11.9. The van der Waals surface area contributed by atoms with Crippen molar-refractivity contribution in [2.24, 2.45) is 0 Å². The Morgan fingerprint density at radius 3 is 2.12 bits per heavy atom. The highest BCUT2D eigenvalue weighted by atomic mass is 35.5. The van der Waals surface area contributed by atoms with Crippen LogP contribution in [0.25, 0.3) is 0 Å². The van der Waals surface area contributed by atoms with Crippen molar-refractivity contribution in [2.45, 2.75) is 25.9 Å². The number of rotatable bonds is 2. The van der Waals surface area contributed by atoms with Crippen LogP contribution >= 0.6 is 11.6 Å². The highest BCUT2D eigenvalue weighted by molar-refractivity contribution is 6.34. The molecule has 0 unspecified atom stereocenters. The van der Waals surface area contributed by atoms with E-state index in [4.69, 9.17) is 17.3 Å². The van der Waals surface area contributed by atoms with Crippen LogP contribution in [0, 0.1) is 11.6 Å². The fourth-order valence-corrected chi connectivity index (χ4v) is 1.78. The van der Waals surface area contributed by atoms with E-state index in [0.717, 1.165) is 0 Å². The summed E-state index contributed by atoms with van der Waals surface area (Å²) in [6, 6.07) is 0. The Balaban J connectivity index is 3.66. The quantitative estimate of drug-likeness (QED) is 0.488. The van der Waals surface area contributed by atoms with Gasteiger partial charge in [-0.15, -0.1) is 0 Å². The summed E-state index contributed by atoms with van der Waals surface area (Å²) in [6.07, 6.45) is -4.84. The Bertz CT molecular complexity index is 442. The maximum atomic E-state index is 13.3. The van der Waals surface area contributed by atoms with Gasteiger partial charge in [-0.2, -0.15) is 13.2 Å². The van der Waals surface area contributed by atoms with Crippen molar-refractivity contribution in [2.75, 3.05) is 5.73 Å². The molecule has 0 atom stereocenters. The number of benzene rings is 1. The molecule has 96 valence electrons. The topological polar surface area (TPSA) is 26.0 Å². The molecule has 0 aliphatic carbocycles. The van der Waals surface area contributed by atoms with Gasteiger partial charge in [0.2, 0.25) is 0 Å². The molecule has 0 spiro atoms. The molecule has 0 saturated carbocycles. The molecule has 0 amide bonds. The van der Waals surface area contributed by atoms with E-state index >= 15 is 0 Å². The maximum absolute atomic E-state index is 13.3. The Labute approximate surface area is 99.4 Å². The van der Waals surface area contributed by atoms with Crippen LogP contribution in [0.3, 0.4) is 0 Å². The fraction of sp³-hybridized carbons (Fsp3) is 0.400. The lowest BCUT2D eigenvalue weighted by Crippen LogP contribution is -2.16.